The molecule has 1 aromatic carbocycles. The van der Waals surface area contributed by atoms with Gasteiger partial charge in [0.05, 0.1) is 0 Å². The highest BCUT2D eigenvalue weighted by Crippen LogP contribution is 2.22. The lowest BCUT2D eigenvalue weighted by molar-refractivity contribution is -0.155. The van der Waals surface area contributed by atoms with Crippen molar-refractivity contribution >= 4 is 18.1 Å². The summed E-state index contributed by atoms with van der Waals surface area (Å²) in [5.41, 5.74) is 0.382. The van der Waals surface area contributed by atoms with Crippen molar-refractivity contribution in [3.8, 4) is 0 Å². The quantitative estimate of drug-likeness (QED) is 0.669. The van der Waals surface area contributed by atoms with Crippen molar-refractivity contribution < 1.29 is 23.9 Å². The van der Waals surface area contributed by atoms with Crippen molar-refractivity contribution in [2.24, 2.45) is 0 Å². The average Bonchev–Trinajstić information content (AvgIpc) is 2.73. The molecule has 8 heteroatoms. The maximum absolute atomic E-state index is 12.9. The number of amides is 3. The average molecular weight is 432 g/mol. The van der Waals surface area contributed by atoms with E-state index in [-0.39, 0.29) is 31.3 Å². The highest BCUT2D eigenvalue weighted by Gasteiger charge is 2.35. The van der Waals surface area contributed by atoms with Crippen LogP contribution in [0.2, 0.25) is 0 Å². The molecule has 3 rings (SSSR count). The highest BCUT2D eigenvalue weighted by molar-refractivity contribution is 5.82. The first-order chi connectivity index (χ1) is 14.7. The van der Waals surface area contributed by atoms with E-state index >= 15 is 0 Å². The van der Waals surface area contributed by atoms with E-state index < -0.39 is 11.6 Å². The van der Waals surface area contributed by atoms with Crippen LogP contribution in [0, 0.1) is 0 Å². The van der Waals surface area contributed by atoms with Crippen LogP contribution in [-0.4, -0.2) is 77.2 Å². The van der Waals surface area contributed by atoms with Crippen LogP contribution in [0.4, 0.5) is 9.59 Å². The lowest BCUT2D eigenvalue weighted by Crippen LogP contribution is -2.57. The van der Waals surface area contributed by atoms with Crippen LogP contribution in [0.3, 0.4) is 0 Å². The molecule has 1 aromatic rings. The smallest absolute Gasteiger partial charge is 0.410 e. The van der Waals surface area contributed by atoms with E-state index in [1.807, 2.05) is 56.0 Å². The summed E-state index contributed by atoms with van der Waals surface area (Å²) in [5.74, 6) is -0.390. The van der Waals surface area contributed by atoms with Gasteiger partial charge in [0.1, 0.15) is 18.8 Å². The zero-order valence-electron chi connectivity index (χ0n) is 18.7. The maximum atomic E-state index is 12.9. The molecule has 0 atom stereocenters. The second-order valence-electron chi connectivity index (χ2n) is 9.10. The second-order valence-corrected chi connectivity index (χ2v) is 9.10. The van der Waals surface area contributed by atoms with E-state index in [2.05, 4.69) is 0 Å². The van der Waals surface area contributed by atoms with Crippen LogP contribution in [-0.2, 0) is 20.9 Å². The van der Waals surface area contributed by atoms with Crippen LogP contribution in [0.5, 0.6) is 0 Å². The zero-order chi connectivity index (χ0) is 22.4. The highest BCUT2D eigenvalue weighted by atomic mass is 16.6. The van der Waals surface area contributed by atoms with Crippen LogP contribution in [0.15, 0.2) is 30.3 Å². The van der Waals surface area contributed by atoms with E-state index in [4.69, 9.17) is 9.47 Å². The first-order valence-corrected chi connectivity index (χ1v) is 11.0. The van der Waals surface area contributed by atoms with Gasteiger partial charge in [-0.1, -0.05) is 30.3 Å². The molecule has 2 fully saturated rings. The summed E-state index contributed by atoms with van der Waals surface area (Å²) in [4.78, 5) is 42.6. The normalized spacial score (nSPS) is 18.2. The number of esters is 1. The molecule has 3 amide bonds. The fourth-order valence-corrected chi connectivity index (χ4v) is 3.99. The fraction of sp³-hybridized carbons (Fsp3) is 0.609. The number of likely N-dealkylation sites (tertiary alicyclic amines) is 1. The standard InChI is InChI=1S/C23H33N3O5/c1-23(2,3)31-20(27)16-25-12-7-13-26(21(25)28)19-10-14-24(15-11-19)22(29)30-17-18-8-5-4-6-9-18/h4-6,8-9,19H,7,10-17H2,1-3H3. The lowest BCUT2D eigenvalue weighted by Gasteiger charge is -2.43. The van der Waals surface area contributed by atoms with Gasteiger partial charge >= 0.3 is 18.1 Å². The third-order valence-corrected chi connectivity index (χ3v) is 5.45. The Morgan fingerprint density at radius 3 is 2.35 bits per heavy atom. The summed E-state index contributed by atoms with van der Waals surface area (Å²) >= 11 is 0. The molecule has 0 radical (unpaired) electrons. The van der Waals surface area contributed by atoms with Gasteiger partial charge in [-0.3, -0.25) is 4.79 Å². The monoisotopic (exact) mass is 431 g/mol. The predicted octanol–water partition coefficient (Wildman–Crippen LogP) is 3.26. The third-order valence-electron chi connectivity index (χ3n) is 5.45. The summed E-state index contributed by atoms with van der Waals surface area (Å²) in [6.45, 7) is 7.99. The van der Waals surface area contributed by atoms with Gasteiger partial charge in [0.15, 0.2) is 0 Å². The molecule has 2 saturated heterocycles. The van der Waals surface area contributed by atoms with Gasteiger partial charge in [-0.25, -0.2) is 9.59 Å². The van der Waals surface area contributed by atoms with Crippen molar-refractivity contribution in [3.63, 3.8) is 0 Å². The lowest BCUT2D eigenvalue weighted by atomic mass is 10.0. The van der Waals surface area contributed by atoms with Crippen molar-refractivity contribution in [2.45, 2.75) is 58.3 Å². The molecule has 0 aromatic heterocycles. The molecular weight excluding hydrogens is 398 g/mol. The SMILES string of the molecule is CC(C)(C)OC(=O)CN1CCCN(C2CCN(C(=O)OCc3ccccc3)CC2)C1=O. The number of carbonyl (C=O) groups excluding carboxylic acids is 3. The number of hydrogen-bond acceptors (Lipinski definition) is 5. The molecule has 0 N–H and O–H groups in total. The fourth-order valence-electron chi connectivity index (χ4n) is 3.99. The first kappa shape index (κ1) is 22.9. The molecule has 2 aliphatic rings. The molecule has 31 heavy (non-hydrogen) atoms. The predicted molar refractivity (Wildman–Crippen MR) is 115 cm³/mol. The largest absolute Gasteiger partial charge is 0.459 e. The van der Waals surface area contributed by atoms with Gasteiger partial charge in [-0.15, -0.1) is 0 Å². The van der Waals surface area contributed by atoms with Crippen LogP contribution in [0.1, 0.15) is 45.6 Å². The number of hydrogen-bond donors (Lipinski definition) is 0. The molecule has 170 valence electrons. The molecule has 0 spiro atoms. The minimum Gasteiger partial charge on any atom is -0.459 e. The zero-order valence-corrected chi connectivity index (χ0v) is 18.7. The minimum atomic E-state index is -0.572. The van der Waals surface area contributed by atoms with E-state index in [9.17, 15) is 14.4 Å². The summed E-state index contributed by atoms with van der Waals surface area (Å²) < 4.78 is 10.8. The van der Waals surface area contributed by atoms with Crippen LogP contribution in [0.25, 0.3) is 0 Å². The van der Waals surface area contributed by atoms with E-state index in [1.165, 1.54) is 0 Å². The Labute approximate surface area is 184 Å². The molecule has 8 nitrogen and oxygen atoms in total. The number of carbonyl (C=O) groups is 3. The number of rotatable bonds is 5. The third kappa shape index (κ3) is 6.60. The number of urea groups is 1. The van der Waals surface area contributed by atoms with Crippen LogP contribution >= 0.6 is 0 Å². The molecular formula is C23H33N3O5. The Kier molecular flexibility index (Phi) is 7.41. The number of ether oxygens (including phenoxy) is 2. The number of piperidine rings is 1. The first-order valence-electron chi connectivity index (χ1n) is 11.0. The summed E-state index contributed by atoms with van der Waals surface area (Å²) in [6.07, 6.45) is 1.89. The van der Waals surface area contributed by atoms with Gasteiger partial charge in [-0.05, 0) is 45.6 Å². The Hall–Kier alpha value is -2.77. The Morgan fingerprint density at radius 2 is 1.71 bits per heavy atom. The van der Waals surface area contributed by atoms with Gasteiger partial charge in [0.2, 0.25) is 0 Å². The van der Waals surface area contributed by atoms with Gasteiger partial charge in [-0.2, -0.15) is 0 Å². The topological polar surface area (TPSA) is 79.4 Å². The molecule has 2 aliphatic heterocycles. The second kappa shape index (κ2) is 10.0. The molecule has 0 unspecified atom stereocenters. The maximum Gasteiger partial charge on any atom is 0.410 e. The van der Waals surface area contributed by atoms with Gasteiger partial charge < -0.3 is 24.2 Å². The van der Waals surface area contributed by atoms with Crippen LogP contribution < -0.4 is 0 Å². The van der Waals surface area contributed by atoms with Crippen molar-refractivity contribution in [1.82, 2.24) is 14.7 Å². The summed E-state index contributed by atoms with van der Waals surface area (Å²) in [7, 11) is 0. The van der Waals surface area contributed by atoms with Crippen molar-refractivity contribution in [1.29, 1.82) is 0 Å². The van der Waals surface area contributed by atoms with E-state index in [0.29, 0.717) is 39.0 Å². The van der Waals surface area contributed by atoms with Crippen molar-refractivity contribution in [3.05, 3.63) is 35.9 Å². The Balaban J connectivity index is 1.46. The Bertz CT molecular complexity index is 769. The molecule has 0 bridgehead atoms. The Morgan fingerprint density at radius 1 is 1.03 bits per heavy atom. The molecule has 0 aliphatic carbocycles. The van der Waals surface area contributed by atoms with Gasteiger partial charge in [0, 0.05) is 32.2 Å². The van der Waals surface area contributed by atoms with E-state index in [0.717, 1.165) is 12.0 Å². The van der Waals surface area contributed by atoms with Gasteiger partial charge in [0.25, 0.3) is 0 Å². The molecule has 2 heterocycles. The number of nitrogens with zero attached hydrogens (tertiary/aromatic N) is 3. The molecule has 0 saturated carbocycles. The van der Waals surface area contributed by atoms with E-state index in [1.54, 1.807) is 9.80 Å². The number of benzene rings is 1. The summed E-state index contributed by atoms with van der Waals surface area (Å²) in [6, 6.07) is 9.53. The van der Waals surface area contributed by atoms with Crippen molar-refractivity contribution in [2.75, 3.05) is 32.7 Å². The summed E-state index contributed by atoms with van der Waals surface area (Å²) in [5, 5.41) is 0. The minimum absolute atomic E-state index is 0.0305.